The fraction of sp³-hybridized carbons (Fsp3) is 0.409. The second-order valence-corrected chi connectivity index (χ2v) is 6.89. The van der Waals surface area contributed by atoms with Gasteiger partial charge in [-0.25, -0.2) is 0 Å². The molecule has 0 unspecified atom stereocenters. The maximum absolute atomic E-state index is 11.3. The summed E-state index contributed by atoms with van der Waals surface area (Å²) in [5.74, 6) is -0.146. The summed E-state index contributed by atoms with van der Waals surface area (Å²) in [6, 6.07) is 17.5. The number of esters is 1. The van der Waals surface area contributed by atoms with Gasteiger partial charge in [0.25, 0.3) is 0 Å². The molecule has 2 aromatic carbocycles. The summed E-state index contributed by atoms with van der Waals surface area (Å²) in [4.78, 5) is 16.0. The van der Waals surface area contributed by atoms with E-state index in [4.69, 9.17) is 4.74 Å². The SMILES string of the molecule is COC(=O)CCN(C)CCCN1c2ccccc2CCc2ccccc21. The Kier molecular flexibility index (Phi) is 6.29. The van der Waals surface area contributed by atoms with E-state index >= 15 is 0 Å². The number of fused-ring (bicyclic) bond motifs is 2. The van der Waals surface area contributed by atoms with E-state index in [-0.39, 0.29) is 5.97 Å². The van der Waals surface area contributed by atoms with Gasteiger partial charge in [-0.15, -0.1) is 0 Å². The van der Waals surface area contributed by atoms with E-state index in [0.717, 1.165) is 38.9 Å². The Labute approximate surface area is 156 Å². The number of carbonyl (C=O) groups is 1. The number of benzene rings is 2. The third kappa shape index (κ3) is 4.44. The average Bonchev–Trinajstić information content (AvgIpc) is 2.83. The summed E-state index contributed by atoms with van der Waals surface area (Å²) in [7, 11) is 3.50. The molecular weight excluding hydrogens is 324 g/mol. The van der Waals surface area contributed by atoms with Crippen molar-refractivity contribution in [2.45, 2.75) is 25.7 Å². The summed E-state index contributed by atoms with van der Waals surface area (Å²) in [6.07, 6.45) is 3.66. The van der Waals surface area contributed by atoms with Gasteiger partial charge in [0.1, 0.15) is 0 Å². The lowest BCUT2D eigenvalue weighted by atomic mass is 10.0. The molecule has 1 heterocycles. The van der Waals surface area contributed by atoms with Crippen LogP contribution in [0.5, 0.6) is 0 Å². The van der Waals surface area contributed by atoms with Crippen molar-refractivity contribution in [3.8, 4) is 0 Å². The van der Waals surface area contributed by atoms with E-state index < -0.39 is 0 Å². The molecule has 2 aromatic rings. The minimum Gasteiger partial charge on any atom is -0.469 e. The highest BCUT2D eigenvalue weighted by Gasteiger charge is 2.19. The smallest absolute Gasteiger partial charge is 0.306 e. The predicted molar refractivity (Wildman–Crippen MR) is 106 cm³/mol. The Balaban J connectivity index is 1.68. The van der Waals surface area contributed by atoms with Crippen LogP contribution in [0.15, 0.2) is 48.5 Å². The molecule has 0 atom stereocenters. The average molecular weight is 352 g/mol. The van der Waals surface area contributed by atoms with Gasteiger partial charge in [-0.3, -0.25) is 4.79 Å². The first-order chi connectivity index (χ1) is 12.7. The molecule has 0 saturated heterocycles. The Morgan fingerprint density at radius 3 is 2.15 bits per heavy atom. The Hall–Kier alpha value is -2.33. The molecule has 26 heavy (non-hydrogen) atoms. The fourth-order valence-electron chi connectivity index (χ4n) is 3.61. The zero-order valence-corrected chi connectivity index (χ0v) is 15.8. The zero-order valence-electron chi connectivity index (χ0n) is 15.8. The molecule has 3 rings (SSSR count). The highest BCUT2D eigenvalue weighted by molar-refractivity contribution is 5.71. The monoisotopic (exact) mass is 352 g/mol. The van der Waals surface area contributed by atoms with Crippen molar-refractivity contribution in [1.29, 1.82) is 0 Å². The van der Waals surface area contributed by atoms with E-state index in [1.165, 1.54) is 29.6 Å². The van der Waals surface area contributed by atoms with Gasteiger partial charge in [0.15, 0.2) is 0 Å². The van der Waals surface area contributed by atoms with Crippen LogP contribution in [0.3, 0.4) is 0 Å². The lowest BCUT2D eigenvalue weighted by Gasteiger charge is -2.28. The van der Waals surface area contributed by atoms with Crippen LogP contribution in [0.2, 0.25) is 0 Å². The number of nitrogens with zero attached hydrogens (tertiary/aromatic N) is 2. The van der Waals surface area contributed by atoms with Crippen LogP contribution in [0.1, 0.15) is 24.0 Å². The molecule has 0 amide bonds. The lowest BCUT2D eigenvalue weighted by molar-refractivity contribution is -0.140. The molecule has 0 bridgehead atoms. The van der Waals surface area contributed by atoms with Crippen LogP contribution >= 0.6 is 0 Å². The third-order valence-electron chi connectivity index (χ3n) is 5.08. The number of ether oxygens (including phenoxy) is 1. The van der Waals surface area contributed by atoms with E-state index in [2.05, 4.69) is 65.4 Å². The molecule has 0 aliphatic carbocycles. The summed E-state index contributed by atoms with van der Waals surface area (Å²) < 4.78 is 4.72. The molecule has 4 heteroatoms. The Morgan fingerprint density at radius 2 is 1.58 bits per heavy atom. The third-order valence-corrected chi connectivity index (χ3v) is 5.08. The van der Waals surface area contributed by atoms with E-state index in [1.54, 1.807) is 0 Å². The predicted octanol–water partition coefficient (Wildman–Crippen LogP) is 3.81. The summed E-state index contributed by atoms with van der Waals surface area (Å²) in [5.41, 5.74) is 5.50. The van der Waals surface area contributed by atoms with E-state index in [1.807, 2.05) is 0 Å². The number of carbonyl (C=O) groups excluding carboxylic acids is 1. The van der Waals surface area contributed by atoms with Crippen LogP contribution < -0.4 is 4.90 Å². The largest absolute Gasteiger partial charge is 0.469 e. The molecule has 0 radical (unpaired) electrons. The van der Waals surface area contributed by atoms with Crippen LogP contribution in [0, 0.1) is 0 Å². The number of aryl methyl sites for hydroxylation is 2. The van der Waals surface area contributed by atoms with Crippen molar-refractivity contribution < 1.29 is 9.53 Å². The Morgan fingerprint density at radius 1 is 1.00 bits per heavy atom. The second-order valence-electron chi connectivity index (χ2n) is 6.89. The molecule has 138 valence electrons. The van der Waals surface area contributed by atoms with Crippen LogP contribution in [-0.2, 0) is 22.4 Å². The second kappa shape index (κ2) is 8.86. The number of hydrogen-bond donors (Lipinski definition) is 0. The van der Waals surface area contributed by atoms with E-state index in [0.29, 0.717) is 6.42 Å². The number of methoxy groups -OCH3 is 1. The molecular formula is C22H28N2O2. The lowest BCUT2D eigenvalue weighted by Crippen LogP contribution is -2.27. The van der Waals surface area contributed by atoms with Crippen molar-refractivity contribution in [1.82, 2.24) is 4.90 Å². The number of anilines is 2. The molecule has 0 spiro atoms. The Bertz CT molecular complexity index is 697. The first kappa shape index (κ1) is 18.5. The molecule has 1 aliphatic heterocycles. The highest BCUT2D eigenvalue weighted by Crippen LogP contribution is 2.35. The standard InChI is InChI=1S/C22H28N2O2/c1-23(17-14-22(25)26-2)15-7-16-24-20-10-5-3-8-18(20)12-13-19-9-4-6-11-21(19)24/h3-6,8-11H,7,12-17H2,1-2H3. The quantitative estimate of drug-likeness (QED) is 0.710. The van der Waals surface area contributed by atoms with E-state index in [9.17, 15) is 4.79 Å². The normalized spacial score (nSPS) is 13.1. The van der Waals surface area contributed by atoms with Crippen molar-refractivity contribution in [3.05, 3.63) is 59.7 Å². The molecule has 0 saturated carbocycles. The van der Waals surface area contributed by atoms with Crippen LogP contribution in [0.4, 0.5) is 11.4 Å². The summed E-state index contributed by atoms with van der Waals surface area (Å²) in [6.45, 7) is 2.66. The fourth-order valence-corrected chi connectivity index (χ4v) is 3.61. The topological polar surface area (TPSA) is 32.8 Å². The van der Waals surface area contributed by atoms with Crippen molar-refractivity contribution in [3.63, 3.8) is 0 Å². The maximum atomic E-state index is 11.3. The molecule has 0 aromatic heterocycles. The first-order valence-electron chi connectivity index (χ1n) is 9.37. The van der Waals surface area contributed by atoms with Crippen molar-refractivity contribution in [2.24, 2.45) is 0 Å². The van der Waals surface area contributed by atoms with Crippen LogP contribution in [-0.4, -0.2) is 44.7 Å². The summed E-state index contributed by atoms with van der Waals surface area (Å²) in [5, 5.41) is 0. The van der Waals surface area contributed by atoms with Gasteiger partial charge in [0.05, 0.1) is 13.5 Å². The van der Waals surface area contributed by atoms with Gasteiger partial charge < -0.3 is 14.5 Å². The minimum atomic E-state index is -0.146. The highest BCUT2D eigenvalue weighted by atomic mass is 16.5. The number of rotatable bonds is 7. The van der Waals surface area contributed by atoms with Crippen molar-refractivity contribution >= 4 is 17.3 Å². The molecule has 0 fully saturated rings. The number of para-hydroxylation sites is 2. The van der Waals surface area contributed by atoms with Gasteiger partial charge >= 0.3 is 5.97 Å². The maximum Gasteiger partial charge on any atom is 0.306 e. The minimum absolute atomic E-state index is 0.146. The molecule has 4 nitrogen and oxygen atoms in total. The molecule has 0 N–H and O–H groups in total. The van der Waals surface area contributed by atoms with Gasteiger partial charge in [-0.05, 0) is 56.1 Å². The van der Waals surface area contributed by atoms with Gasteiger partial charge in [-0.1, -0.05) is 36.4 Å². The van der Waals surface area contributed by atoms with Gasteiger partial charge in [-0.2, -0.15) is 0 Å². The number of hydrogen-bond acceptors (Lipinski definition) is 4. The molecule has 1 aliphatic rings. The van der Waals surface area contributed by atoms with Gasteiger partial charge in [0, 0.05) is 24.5 Å². The van der Waals surface area contributed by atoms with Crippen molar-refractivity contribution in [2.75, 3.05) is 38.7 Å². The first-order valence-corrected chi connectivity index (χ1v) is 9.37. The van der Waals surface area contributed by atoms with Gasteiger partial charge in [0.2, 0.25) is 0 Å². The summed E-state index contributed by atoms with van der Waals surface area (Å²) >= 11 is 0. The van der Waals surface area contributed by atoms with Crippen LogP contribution in [0.25, 0.3) is 0 Å². The zero-order chi connectivity index (χ0) is 18.4.